The van der Waals surface area contributed by atoms with E-state index >= 15 is 0 Å². The number of nitrogens with zero attached hydrogens (tertiary/aromatic N) is 4. The summed E-state index contributed by atoms with van der Waals surface area (Å²) in [6.07, 6.45) is 3.30. The summed E-state index contributed by atoms with van der Waals surface area (Å²) in [6.45, 7) is 5.10. The number of primary amides is 1. The second-order valence-corrected chi connectivity index (χ2v) is 9.16. The van der Waals surface area contributed by atoms with Gasteiger partial charge in [0.1, 0.15) is 11.4 Å². The van der Waals surface area contributed by atoms with Crippen molar-refractivity contribution in [2.24, 2.45) is 5.73 Å². The van der Waals surface area contributed by atoms with Gasteiger partial charge in [-0.05, 0) is 86.2 Å². The number of amides is 1. The molecule has 1 aliphatic rings. The summed E-state index contributed by atoms with van der Waals surface area (Å²) >= 11 is 0. The van der Waals surface area contributed by atoms with Crippen LogP contribution in [0.3, 0.4) is 0 Å². The Morgan fingerprint density at radius 1 is 0.914 bits per heavy atom. The van der Waals surface area contributed by atoms with E-state index in [1.54, 1.807) is 19.2 Å². The largest absolute Gasteiger partial charge is 0.497 e. The number of benzene rings is 2. The zero-order valence-electron chi connectivity index (χ0n) is 20.3. The van der Waals surface area contributed by atoms with Crippen LogP contribution in [-0.4, -0.2) is 65.4 Å². The van der Waals surface area contributed by atoms with Crippen molar-refractivity contribution in [2.75, 3.05) is 40.3 Å². The number of pyridine rings is 1. The first kappa shape index (κ1) is 23.1. The van der Waals surface area contributed by atoms with Crippen LogP contribution in [0.5, 0.6) is 5.75 Å². The number of methoxy groups -OCH3 is 1. The normalized spacial score (nSPS) is 15.3. The number of likely N-dealkylation sites (N-methyl/N-ethyl adjacent to an activating group) is 1. The predicted octanol–water partition coefficient (Wildman–Crippen LogP) is 3.91. The van der Waals surface area contributed by atoms with Gasteiger partial charge < -0.3 is 19.8 Å². The lowest BCUT2D eigenvalue weighted by Crippen LogP contribution is -2.29. The van der Waals surface area contributed by atoms with Crippen LogP contribution in [0.15, 0.2) is 66.9 Å². The fourth-order valence-electron chi connectivity index (χ4n) is 4.69. The smallest absolute Gasteiger partial charge is 0.248 e. The van der Waals surface area contributed by atoms with Gasteiger partial charge in [-0.3, -0.25) is 9.69 Å². The van der Waals surface area contributed by atoms with E-state index in [0.717, 1.165) is 72.9 Å². The number of rotatable bonds is 6. The minimum absolute atomic E-state index is 0.420. The number of hydrogen-bond donors (Lipinski definition) is 1. The fraction of sp³-hybridized carbons (Fsp3) is 0.286. The Kier molecular flexibility index (Phi) is 6.53. The lowest BCUT2D eigenvalue weighted by Gasteiger charge is -2.21. The number of carbonyl (C=O) groups is 1. The summed E-state index contributed by atoms with van der Waals surface area (Å²) in [5, 5.41) is 0. The van der Waals surface area contributed by atoms with Crippen molar-refractivity contribution in [3.05, 3.63) is 78.1 Å². The Labute approximate surface area is 205 Å². The molecule has 2 aromatic heterocycles. The van der Waals surface area contributed by atoms with Crippen LogP contribution in [0, 0.1) is 0 Å². The Bertz CT molecular complexity index is 1330. The predicted molar refractivity (Wildman–Crippen MR) is 139 cm³/mol. The minimum atomic E-state index is -0.420. The molecule has 7 heteroatoms. The first-order valence-corrected chi connectivity index (χ1v) is 12.0. The number of ether oxygens (including phenoxy) is 1. The standard InChI is InChI=1S/C28H31N5O2/c1-31-14-3-15-32(17-16-31)19-25-27(21-8-11-24(35-2)12-9-21)30-26-13-10-23(18-33(25)26)20-4-6-22(7-5-20)28(29)34/h4-13,18H,3,14-17,19H2,1-2H3,(H2,29,34). The minimum Gasteiger partial charge on any atom is -0.497 e. The lowest BCUT2D eigenvalue weighted by atomic mass is 10.1. The molecule has 5 rings (SSSR count). The van der Waals surface area contributed by atoms with Crippen molar-refractivity contribution in [1.29, 1.82) is 0 Å². The molecular formula is C28H31N5O2. The molecule has 0 bridgehead atoms. The third-order valence-electron chi connectivity index (χ3n) is 6.77. The van der Waals surface area contributed by atoms with Gasteiger partial charge in [0.05, 0.1) is 18.5 Å². The first-order chi connectivity index (χ1) is 17.0. The van der Waals surface area contributed by atoms with Gasteiger partial charge in [-0.15, -0.1) is 0 Å². The van der Waals surface area contributed by atoms with Crippen molar-refractivity contribution in [3.63, 3.8) is 0 Å². The van der Waals surface area contributed by atoms with Gasteiger partial charge in [-0.2, -0.15) is 0 Å². The summed E-state index contributed by atoms with van der Waals surface area (Å²) in [5.41, 5.74) is 12.2. The van der Waals surface area contributed by atoms with E-state index in [-0.39, 0.29) is 0 Å². The summed E-state index contributed by atoms with van der Waals surface area (Å²) in [4.78, 5) is 21.4. The summed E-state index contributed by atoms with van der Waals surface area (Å²) in [6, 6.07) is 19.7. The molecule has 0 spiro atoms. The highest BCUT2D eigenvalue weighted by Gasteiger charge is 2.20. The number of fused-ring (bicyclic) bond motifs is 1. The van der Waals surface area contributed by atoms with Crippen LogP contribution in [0.1, 0.15) is 22.5 Å². The van der Waals surface area contributed by atoms with Crippen molar-refractivity contribution in [2.45, 2.75) is 13.0 Å². The second-order valence-electron chi connectivity index (χ2n) is 9.16. The molecule has 4 aromatic rings. The zero-order chi connectivity index (χ0) is 24.4. The van der Waals surface area contributed by atoms with E-state index in [1.807, 2.05) is 24.3 Å². The zero-order valence-corrected chi connectivity index (χ0v) is 20.3. The molecule has 0 atom stereocenters. The molecule has 2 aromatic carbocycles. The lowest BCUT2D eigenvalue weighted by molar-refractivity contribution is 0.100. The van der Waals surface area contributed by atoms with Crippen LogP contribution >= 0.6 is 0 Å². The molecule has 0 radical (unpaired) electrons. The maximum absolute atomic E-state index is 11.5. The maximum Gasteiger partial charge on any atom is 0.248 e. The average molecular weight is 470 g/mol. The monoisotopic (exact) mass is 469 g/mol. The quantitative estimate of drug-likeness (QED) is 0.463. The van der Waals surface area contributed by atoms with Crippen LogP contribution in [0.2, 0.25) is 0 Å². The molecule has 35 heavy (non-hydrogen) atoms. The Hall–Kier alpha value is -3.68. The average Bonchev–Trinajstić information content (AvgIpc) is 3.10. The fourth-order valence-corrected chi connectivity index (χ4v) is 4.69. The van der Waals surface area contributed by atoms with E-state index in [0.29, 0.717) is 5.56 Å². The van der Waals surface area contributed by atoms with Gasteiger partial charge in [-0.25, -0.2) is 4.98 Å². The van der Waals surface area contributed by atoms with Crippen LogP contribution in [0.25, 0.3) is 28.0 Å². The van der Waals surface area contributed by atoms with E-state index < -0.39 is 5.91 Å². The Balaban J connectivity index is 1.58. The second kappa shape index (κ2) is 9.90. The molecule has 0 saturated carbocycles. The molecule has 3 heterocycles. The summed E-state index contributed by atoms with van der Waals surface area (Å²) in [7, 11) is 3.87. The number of hydrogen-bond acceptors (Lipinski definition) is 5. The summed E-state index contributed by atoms with van der Waals surface area (Å²) < 4.78 is 7.57. The van der Waals surface area contributed by atoms with Crippen LogP contribution < -0.4 is 10.5 Å². The molecular weight excluding hydrogens is 438 g/mol. The molecule has 0 aliphatic carbocycles. The molecule has 2 N–H and O–H groups in total. The van der Waals surface area contributed by atoms with Gasteiger partial charge >= 0.3 is 0 Å². The van der Waals surface area contributed by atoms with Crippen molar-refractivity contribution < 1.29 is 9.53 Å². The third kappa shape index (κ3) is 4.92. The van der Waals surface area contributed by atoms with Crippen molar-refractivity contribution in [1.82, 2.24) is 19.2 Å². The molecule has 1 fully saturated rings. The molecule has 1 saturated heterocycles. The van der Waals surface area contributed by atoms with Gasteiger partial charge in [0.2, 0.25) is 5.91 Å². The number of aromatic nitrogens is 2. The highest BCUT2D eigenvalue weighted by Crippen LogP contribution is 2.30. The topological polar surface area (TPSA) is 76.1 Å². The van der Waals surface area contributed by atoms with E-state index in [1.165, 1.54) is 5.69 Å². The van der Waals surface area contributed by atoms with Crippen LogP contribution in [0.4, 0.5) is 0 Å². The highest BCUT2D eigenvalue weighted by molar-refractivity contribution is 5.93. The van der Waals surface area contributed by atoms with Crippen LogP contribution in [-0.2, 0) is 6.54 Å². The SMILES string of the molecule is COc1ccc(-c2nc3ccc(-c4ccc(C(N)=O)cc4)cn3c2CN2CCCN(C)CC2)cc1. The van der Waals surface area contributed by atoms with Crippen molar-refractivity contribution >= 4 is 11.6 Å². The van der Waals surface area contributed by atoms with Gasteiger partial charge in [-0.1, -0.05) is 12.1 Å². The molecule has 1 amide bonds. The van der Waals surface area contributed by atoms with E-state index in [9.17, 15) is 4.79 Å². The first-order valence-electron chi connectivity index (χ1n) is 12.0. The maximum atomic E-state index is 11.5. The van der Waals surface area contributed by atoms with Gasteiger partial charge in [0.25, 0.3) is 0 Å². The third-order valence-corrected chi connectivity index (χ3v) is 6.77. The number of imidazole rings is 1. The number of carbonyl (C=O) groups excluding carboxylic acids is 1. The van der Waals surface area contributed by atoms with Crippen molar-refractivity contribution in [3.8, 4) is 28.1 Å². The number of nitrogens with two attached hydrogens (primary N) is 1. The van der Waals surface area contributed by atoms with E-state index in [4.69, 9.17) is 15.5 Å². The summed E-state index contributed by atoms with van der Waals surface area (Å²) in [5.74, 6) is 0.410. The molecule has 7 nitrogen and oxygen atoms in total. The molecule has 0 unspecified atom stereocenters. The molecule has 1 aliphatic heterocycles. The van der Waals surface area contributed by atoms with E-state index in [2.05, 4.69) is 51.7 Å². The molecule has 180 valence electrons. The Morgan fingerprint density at radius 2 is 1.63 bits per heavy atom. The van der Waals surface area contributed by atoms with Gasteiger partial charge in [0, 0.05) is 37.0 Å². The highest BCUT2D eigenvalue weighted by atomic mass is 16.5. The Morgan fingerprint density at radius 3 is 2.34 bits per heavy atom. The van der Waals surface area contributed by atoms with Gasteiger partial charge in [0.15, 0.2) is 0 Å².